The Bertz CT molecular complexity index is 6620. The first-order valence-corrected chi connectivity index (χ1v) is 47.4. The maximum absolute atomic E-state index is 13.5. The van der Waals surface area contributed by atoms with Crippen molar-refractivity contribution in [2.75, 3.05) is 52.9 Å². The van der Waals surface area contributed by atoms with Gasteiger partial charge in [-0.25, -0.2) is 29.3 Å². The fourth-order valence-corrected chi connectivity index (χ4v) is 21.1. The number of thiazole rings is 3. The van der Waals surface area contributed by atoms with Gasteiger partial charge in [0.2, 0.25) is 0 Å². The standard InChI is InChI=1S/2C35H36ClN3O4S.C33H34ClN3O4S/c2*1-7-42-34(40)31(43-35(3,4)5)28-20(2)18-26-32(29(28)21-8-11-24(36)12-9-21)44-33(37-26)23-10-13-27-25(19-23)30(38-39(27)6)22-14-16-41-17-15-22;1-18-16-24-30(27(19-6-9-22(34)10-7-19)26(18)29(32(38)39)41-33(2,3)4)42-31(35-24)21-8-11-25-23(17-21)28(36-37(25)5)20-12-14-40-15-13-20/h2*8-14,18-19,31H,7,15-17H2,1-6H3;6-11,16-17,20,29H,12-15H2,1-5H3,(H,38,39)/t2*31-;29-/m000/s1. The molecule has 0 saturated carbocycles. The molecule has 674 valence electrons. The lowest BCUT2D eigenvalue weighted by atomic mass is 9.91. The number of nitrogens with zero attached hydrogens (tertiary/aromatic N) is 9. The third-order valence-electron chi connectivity index (χ3n) is 23.1. The fraction of sp³-hybridized carbons (Fsp3) is 0.350. The van der Waals surface area contributed by atoms with Crippen molar-refractivity contribution in [2.45, 2.75) is 164 Å². The van der Waals surface area contributed by atoms with E-state index in [-0.39, 0.29) is 13.2 Å². The number of hydrogen-bond donors (Lipinski definition) is 1. The van der Waals surface area contributed by atoms with Crippen LogP contribution >= 0.6 is 68.8 Å². The number of benzene rings is 9. The quantitative estimate of drug-likeness (QED) is 0.0698. The predicted octanol–water partition coefficient (Wildman–Crippen LogP) is 25.7. The zero-order valence-electron chi connectivity index (χ0n) is 76.1. The maximum Gasteiger partial charge on any atom is 0.339 e. The molecule has 3 atom stereocenters. The molecule has 1 fully saturated rings. The lowest BCUT2D eigenvalue weighted by Gasteiger charge is -2.29. The fourth-order valence-electron chi connectivity index (χ4n) is 17.4. The summed E-state index contributed by atoms with van der Waals surface area (Å²) in [4.78, 5) is 54.9. The van der Waals surface area contributed by atoms with Crippen molar-refractivity contribution in [2.24, 2.45) is 21.1 Å². The van der Waals surface area contributed by atoms with Crippen molar-refractivity contribution in [3.05, 3.63) is 223 Å². The summed E-state index contributed by atoms with van der Waals surface area (Å²) < 4.78 is 55.5. The van der Waals surface area contributed by atoms with Crippen LogP contribution in [0.4, 0.5) is 0 Å². The number of aliphatic carboxylic acids is 1. The predicted molar refractivity (Wildman–Crippen MR) is 525 cm³/mol. The number of carboxylic acids is 1. The van der Waals surface area contributed by atoms with E-state index in [4.69, 9.17) is 103 Å². The van der Waals surface area contributed by atoms with Crippen molar-refractivity contribution in [1.82, 2.24) is 44.3 Å². The van der Waals surface area contributed by atoms with E-state index in [1.54, 1.807) is 47.9 Å². The molecule has 21 nitrogen and oxygen atoms in total. The second-order valence-corrected chi connectivity index (χ2v) is 40.2. The van der Waals surface area contributed by atoms with Crippen LogP contribution in [0.3, 0.4) is 0 Å². The van der Waals surface area contributed by atoms with Gasteiger partial charge >= 0.3 is 17.9 Å². The number of ether oxygens (including phenoxy) is 8. The van der Waals surface area contributed by atoms with E-state index < -0.39 is 53.0 Å². The highest BCUT2D eigenvalue weighted by Crippen LogP contribution is 2.51. The van der Waals surface area contributed by atoms with Crippen molar-refractivity contribution in [3.8, 4) is 65.1 Å². The minimum Gasteiger partial charge on any atom is -0.479 e. The van der Waals surface area contributed by atoms with Gasteiger partial charge in [0.1, 0.15) is 15.0 Å². The Hall–Kier alpha value is -10.4. The summed E-state index contributed by atoms with van der Waals surface area (Å²) in [5.74, 6) is -1.50. The molecular weight excluding hydrogens is 1760 g/mol. The van der Waals surface area contributed by atoms with Crippen LogP contribution < -0.4 is 0 Å². The van der Waals surface area contributed by atoms with Gasteiger partial charge in [-0.3, -0.25) is 14.0 Å². The summed E-state index contributed by atoms with van der Waals surface area (Å²) in [5.41, 5.74) is 22.6. The monoisotopic (exact) mass is 1860 g/mol. The summed E-state index contributed by atoms with van der Waals surface area (Å²) in [6.45, 7) is 31.4. The molecule has 3 aliphatic rings. The van der Waals surface area contributed by atoms with Gasteiger partial charge in [0, 0.05) is 122 Å². The van der Waals surface area contributed by atoms with Crippen molar-refractivity contribution < 1.29 is 57.4 Å². The lowest BCUT2D eigenvalue weighted by molar-refractivity contribution is -0.167. The van der Waals surface area contributed by atoms with Gasteiger partial charge in [-0.2, -0.15) is 15.3 Å². The normalized spacial score (nSPS) is 14.9. The first-order valence-electron chi connectivity index (χ1n) is 43.8. The molecule has 1 N–H and O–H groups in total. The largest absolute Gasteiger partial charge is 0.479 e. The summed E-state index contributed by atoms with van der Waals surface area (Å²) in [6.07, 6.45) is 4.85. The van der Waals surface area contributed by atoms with E-state index in [9.17, 15) is 19.5 Å². The summed E-state index contributed by atoms with van der Waals surface area (Å²) in [5, 5.41) is 32.8. The molecule has 0 bridgehead atoms. The molecule has 0 radical (unpaired) electrons. The highest BCUT2D eigenvalue weighted by Gasteiger charge is 2.38. The first-order chi connectivity index (χ1) is 62.1. The molecule has 6 aromatic heterocycles. The second-order valence-electron chi connectivity index (χ2n) is 35.9. The third kappa shape index (κ3) is 19.9. The van der Waals surface area contributed by atoms with E-state index >= 15 is 0 Å². The van der Waals surface area contributed by atoms with Gasteiger partial charge < -0.3 is 43.0 Å². The number of fused-ring (bicyclic) bond motifs is 6. The van der Waals surface area contributed by atoms with E-state index in [2.05, 4.69) is 66.7 Å². The van der Waals surface area contributed by atoms with Crippen molar-refractivity contribution >= 4 is 161 Å². The zero-order valence-corrected chi connectivity index (χ0v) is 80.8. The third-order valence-corrected chi connectivity index (χ3v) is 27.2. The van der Waals surface area contributed by atoms with Crippen LogP contribution in [0.1, 0.15) is 177 Å². The van der Waals surface area contributed by atoms with Gasteiger partial charge in [0.05, 0.1) is 121 Å². The average molecular weight is 1860 g/mol. The highest BCUT2D eigenvalue weighted by atomic mass is 35.5. The van der Waals surface area contributed by atoms with Crippen molar-refractivity contribution in [1.29, 1.82) is 0 Å². The van der Waals surface area contributed by atoms with Crippen LogP contribution in [0.15, 0.2) is 158 Å². The molecule has 18 rings (SSSR count). The van der Waals surface area contributed by atoms with E-state index in [1.165, 1.54) is 11.1 Å². The topological polar surface area (TPSA) is 237 Å². The lowest BCUT2D eigenvalue weighted by Crippen LogP contribution is -2.29. The minimum absolute atomic E-state index is 0.258. The number of halogens is 3. The van der Waals surface area contributed by atoms with Crippen LogP contribution in [-0.4, -0.2) is 137 Å². The zero-order chi connectivity index (χ0) is 92.1. The van der Waals surface area contributed by atoms with Gasteiger partial charge in [-0.1, -0.05) is 83.4 Å². The van der Waals surface area contributed by atoms with Crippen molar-refractivity contribution in [3.63, 3.8) is 0 Å². The number of hydrogen-bond acceptors (Lipinski definition) is 20. The molecule has 9 heterocycles. The minimum atomic E-state index is -1.15. The highest BCUT2D eigenvalue weighted by molar-refractivity contribution is 7.23. The molecule has 15 aromatic rings. The van der Waals surface area contributed by atoms with Crippen LogP contribution in [0.25, 0.3) is 140 Å². The van der Waals surface area contributed by atoms with E-state index in [1.807, 2.05) is 209 Å². The smallest absolute Gasteiger partial charge is 0.339 e. The molecule has 0 aliphatic carbocycles. The van der Waals surface area contributed by atoms with Gasteiger partial charge in [-0.15, -0.1) is 34.0 Å². The van der Waals surface area contributed by atoms with E-state index in [0.717, 1.165) is 212 Å². The molecule has 1 saturated heterocycles. The average Bonchev–Trinajstić information content (AvgIpc) is 1.53. The number of carboxylic acid groups (broad SMARTS) is 1. The molecule has 0 spiro atoms. The molecule has 3 aliphatic heterocycles. The van der Waals surface area contributed by atoms with Gasteiger partial charge in [-0.05, 0) is 276 Å². The number of aromatic nitrogens is 9. The Morgan fingerprint density at radius 2 is 0.762 bits per heavy atom. The first kappa shape index (κ1) is 92.8. The Morgan fingerprint density at radius 1 is 0.438 bits per heavy atom. The number of carbonyl (C=O) groups excluding carboxylic acids is 2. The summed E-state index contributed by atoms with van der Waals surface area (Å²) in [6, 6.07) is 48.1. The summed E-state index contributed by atoms with van der Waals surface area (Å²) in [7, 11) is 5.94. The number of esters is 2. The van der Waals surface area contributed by atoms with Gasteiger partial charge in [0.25, 0.3) is 0 Å². The molecule has 27 heteroatoms. The molecule has 9 aromatic carbocycles. The maximum atomic E-state index is 13.5. The molecular formula is C103H106Cl3N9O12S3. The number of carbonyl (C=O) groups is 3. The SMILES string of the molecule is CCOC(=O)[C@@H](OC(C)(C)C)c1c(C)cc2nc(-c3ccc4c(c3)c(C3=CCOCC3)nn4C)sc2c1-c1ccc(Cl)cc1.CCOC(=O)[C@@H](OC(C)(C)C)c1c(C)cc2nc(-c3ccc4c(c3)c(C3=CCOCC3)nn4C)sc2c1-c1ccc(Cl)cc1.Cc1cc2nc(-c3ccc4c(c3)c(C3CCOCC3)nn4C)sc2c(-c2ccc(Cl)cc2)c1[C@H](OC(C)(C)C)C(=O)O. The van der Waals surface area contributed by atoms with E-state index in [0.29, 0.717) is 53.0 Å². The van der Waals surface area contributed by atoms with Crippen LogP contribution in [0, 0.1) is 20.8 Å². The Morgan fingerprint density at radius 3 is 1.09 bits per heavy atom. The summed E-state index contributed by atoms with van der Waals surface area (Å²) >= 11 is 23.6. The van der Waals surface area contributed by atoms with Crippen LogP contribution in [0.5, 0.6) is 0 Å². The number of rotatable bonds is 20. The molecule has 130 heavy (non-hydrogen) atoms. The Kier molecular flexibility index (Phi) is 27.4. The number of aryl methyl sites for hydroxylation is 6. The van der Waals surface area contributed by atoms with Crippen LogP contribution in [-0.2, 0) is 73.4 Å². The second kappa shape index (κ2) is 38.4. The molecule has 0 unspecified atom stereocenters. The van der Waals surface area contributed by atoms with Crippen LogP contribution in [0.2, 0.25) is 15.1 Å². The Balaban J connectivity index is 0.000000143. The van der Waals surface area contributed by atoms with Gasteiger partial charge in [0.15, 0.2) is 18.3 Å². The Labute approximate surface area is 783 Å². The molecule has 0 amide bonds.